The van der Waals surface area contributed by atoms with E-state index < -0.39 is 5.60 Å². The number of benzene rings is 1. The third-order valence-electron chi connectivity index (χ3n) is 3.66. The van der Waals surface area contributed by atoms with E-state index in [9.17, 15) is 14.7 Å². The Morgan fingerprint density at radius 3 is 2.21 bits per heavy atom. The number of aromatic hydroxyl groups is 1. The molecule has 0 aromatic heterocycles. The van der Waals surface area contributed by atoms with Crippen molar-refractivity contribution in [1.82, 2.24) is 9.80 Å². The van der Waals surface area contributed by atoms with E-state index in [1.807, 2.05) is 27.7 Å². The molecule has 132 valence electrons. The molecule has 0 atom stereocenters. The van der Waals surface area contributed by atoms with Crippen molar-refractivity contribution in [2.24, 2.45) is 0 Å². The first-order chi connectivity index (χ1) is 11.1. The molecular formula is C17H23BrN2O4. The van der Waals surface area contributed by atoms with Gasteiger partial charge in [0.05, 0.1) is 10.0 Å². The molecule has 2 amide bonds. The number of hydrogen-bond acceptors (Lipinski definition) is 4. The number of phenols is 1. The highest BCUT2D eigenvalue weighted by Crippen LogP contribution is 2.30. The summed E-state index contributed by atoms with van der Waals surface area (Å²) in [5.41, 5.74) is 0.618. The van der Waals surface area contributed by atoms with Gasteiger partial charge in [-0.15, -0.1) is 0 Å². The van der Waals surface area contributed by atoms with Crippen molar-refractivity contribution in [3.63, 3.8) is 0 Å². The Morgan fingerprint density at radius 2 is 1.67 bits per heavy atom. The Balaban J connectivity index is 2.02. The minimum absolute atomic E-state index is 0.0554. The lowest BCUT2D eigenvalue weighted by Gasteiger charge is -2.35. The minimum atomic E-state index is -0.538. The van der Waals surface area contributed by atoms with Gasteiger partial charge in [-0.1, -0.05) is 0 Å². The van der Waals surface area contributed by atoms with E-state index in [1.54, 1.807) is 21.9 Å². The Labute approximate surface area is 150 Å². The van der Waals surface area contributed by atoms with Crippen LogP contribution in [0.3, 0.4) is 0 Å². The van der Waals surface area contributed by atoms with E-state index >= 15 is 0 Å². The summed E-state index contributed by atoms with van der Waals surface area (Å²) in [4.78, 5) is 27.9. The number of nitrogens with zero attached hydrogens (tertiary/aromatic N) is 2. The Morgan fingerprint density at radius 1 is 1.12 bits per heavy atom. The van der Waals surface area contributed by atoms with Gasteiger partial charge in [0.15, 0.2) is 0 Å². The number of amides is 2. The number of phenolic OH excluding ortho intramolecular Hbond substituents is 1. The Kier molecular flexibility index (Phi) is 5.42. The number of piperazine rings is 1. The molecule has 1 saturated heterocycles. The predicted molar refractivity (Wildman–Crippen MR) is 94.3 cm³/mol. The molecule has 6 nitrogen and oxygen atoms in total. The zero-order valence-corrected chi connectivity index (χ0v) is 16.0. The summed E-state index contributed by atoms with van der Waals surface area (Å²) in [7, 11) is 0. The minimum Gasteiger partial charge on any atom is -0.506 e. The second-order valence-corrected chi connectivity index (χ2v) is 7.76. The quantitative estimate of drug-likeness (QED) is 0.788. The molecule has 2 rings (SSSR count). The van der Waals surface area contributed by atoms with Crippen LogP contribution in [0.1, 0.15) is 36.7 Å². The first kappa shape index (κ1) is 18.6. The molecular weight excluding hydrogens is 376 g/mol. The summed E-state index contributed by atoms with van der Waals surface area (Å²) >= 11 is 3.26. The lowest BCUT2D eigenvalue weighted by molar-refractivity contribution is 0.0140. The van der Waals surface area contributed by atoms with Crippen molar-refractivity contribution in [3.8, 4) is 5.75 Å². The molecule has 1 N–H and O–H groups in total. The van der Waals surface area contributed by atoms with Crippen molar-refractivity contribution in [2.45, 2.75) is 33.3 Å². The van der Waals surface area contributed by atoms with Crippen LogP contribution >= 0.6 is 15.9 Å². The van der Waals surface area contributed by atoms with Crippen LogP contribution < -0.4 is 0 Å². The van der Waals surface area contributed by atoms with Gasteiger partial charge in [0, 0.05) is 26.2 Å². The van der Waals surface area contributed by atoms with Crippen LogP contribution in [0, 0.1) is 6.92 Å². The number of hydrogen-bond donors (Lipinski definition) is 1. The molecule has 1 aliphatic heterocycles. The van der Waals surface area contributed by atoms with Crippen LogP contribution in [0.2, 0.25) is 0 Å². The number of ether oxygens (including phenoxy) is 1. The summed E-state index contributed by atoms with van der Waals surface area (Å²) < 4.78 is 5.84. The second kappa shape index (κ2) is 7.01. The zero-order valence-electron chi connectivity index (χ0n) is 14.4. The van der Waals surface area contributed by atoms with E-state index in [0.717, 1.165) is 5.56 Å². The summed E-state index contributed by atoms with van der Waals surface area (Å²) in [5.74, 6) is -0.291. The molecule has 0 aliphatic carbocycles. The van der Waals surface area contributed by atoms with Gasteiger partial charge in [0.1, 0.15) is 11.4 Å². The first-order valence-electron chi connectivity index (χ1n) is 7.85. The maximum absolute atomic E-state index is 12.6. The monoisotopic (exact) mass is 398 g/mol. The van der Waals surface area contributed by atoms with Crippen molar-refractivity contribution in [1.29, 1.82) is 0 Å². The third kappa shape index (κ3) is 4.41. The van der Waals surface area contributed by atoms with Crippen LogP contribution in [-0.2, 0) is 4.74 Å². The maximum atomic E-state index is 12.6. The fourth-order valence-corrected chi connectivity index (χ4v) is 3.06. The number of aryl methyl sites for hydroxylation is 1. The van der Waals surface area contributed by atoms with E-state index in [-0.39, 0.29) is 23.3 Å². The number of halogens is 1. The molecule has 1 aliphatic rings. The second-order valence-electron chi connectivity index (χ2n) is 6.90. The van der Waals surface area contributed by atoms with Gasteiger partial charge in [0.25, 0.3) is 5.91 Å². The SMILES string of the molecule is Cc1cc(Br)c(O)c(C(=O)N2CCN(C(=O)OC(C)(C)C)CC2)c1. The average molecular weight is 399 g/mol. The largest absolute Gasteiger partial charge is 0.506 e. The van der Waals surface area contributed by atoms with Gasteiger partial charge in [-0.2, -0.15) is 0 Å². The fourth-order valence-electron chi connectivity index (χ4n) is 2.49. The molecule has 1 fully saturated rings. The number of carbonyl (C=O) groups is 2. The molecule has 7 heteroatoms. The number of rotatable bonds is 1. The normalized spacial score (nSPS) is 15.4. The molecule has 1 heterocycles. The Bertz CT molecular complexity index is 647. The first-order valence-corrected chi connectivity index (χ1v) is 8.64. The van der Waals surface area contributed by atoms with Crippen LogP contribution in [0.5, 0.6) is 5.75 Å². The predicted octanol–water partition coefficient (Wildman–Crippen LogP) is 3.16. The average Bonchev–Trinajstić information content (AvgIpc) is 2.48. The van der Waals surface area contributed by atoms with Crippen molar-refractivity contribution >= 4 is 27.9 Å². The van der Waals surface area contributed by atoms with Gasteiger partial charge in [-0.25, -0.2) is 4.79 Å². The van der Waals surface area contributed by atoms with Gasteiger partial charge < -0.3 is 19.6 Å². The molecule has 1 aromatic rings. The standard InChI is InChI=1S/C17H23BrN2O4/c1-11-9-12(14(21)13(18)10-11)15(22)19-5-7-20(8-6-19)16(23)24-17(2,3)4/h9-10,21H,5-8H2,1-4H3. The van der Waals surface area contributed by atoms with E-state index in [4.69, 9.17) is 4.74 Å². The summed E-state index contributed by atoms with van der Waals surface area (Å²) in [6, 6.07) is 3.43. The van der Waals surface area contributed by atoms with Crippen LogP contribution in [-0.4, -0.2) is 58.7 Å². The fraction of sp³-hybridized carbons (Fsp3) is 0.529. The highest BCUT2D eigenvalue weighted by Gasteiger charge is 2.29. The van der Waals surface area contributed by atoms with Crippen LogP contribution in [0.4, 0.5) is 4.79 Å². The summed E-state index contributed by atoms with van der Waals surface area (Å²) in [6.07, 6.45) is -0.365. The van der Waals surface area contributed by atoms with Gasteiger partial charge in [-0.3, -0.25) is 4.79 Å². The number of carbonyl (C=O) groups excluding carboxylic acids is 2. The highest BCUT2D eigenvalue weighted by atomic mass is 79.9. The smallest absolute Gasteiger partial charge is 0.410 e. The van der Waals surface area contributed by atoms with Crippen LogP contribution in [0.15, 0.2) is 16.6 Å². The third-order valence-corrected chi connectivity index (χ3v) is 4.26. The zero-order chi connectivity index (χ0) is 18.1. The maximum Gasteiger partial charge on any atom is 0.410 e. The Hall–Kier alpha value is -1.76. The molecule has 0 bridgehead atoms. The van der Waals surface area contributed by atoms with Gasteiger partial charge in [0.2, 0.25) is 0 Å². The molecule has 0 spiro atoms. The molecule has 24 heavy (non-hydrogen) atoms. The van der Waals surface area contributed by atoms with Crippen molar-refractivity contribution < 1.29 is 19.4 Å². The van der Waals surface area contributed by atoms with Crippen molar-refractivity contribution in [3.05, 3.63) is 27.7 Å². The van der Waals surface area contributed by atoms with Gasteiger partial charge >= 0.3 is 6.09 Å². The lowest BCUT2D eigenvalue weighted by atomic mass is 10.1. The summed E-state index contributed by atoms with van der Waals surface area (Å²) in [6.45, 7) is 8.96. The molecule has 0 radical (unpaired) electrons. The molecule has 0 unspecified atom stereocenters. The van der Waals surface area contributed by atoms with E-state index in [0.29, 0.717) is 30.7 Å². The topological polar surface area (TPSA) is 70.1 Å². The van der Waals surface area contributed by atoms with E-state index in [1.165, 1.54) is 0 Å². The molecule has 0 saturated carbocycles. The van der Waals surface area contributed by atoms with Crippen molar-refractivity contribution in [2.75, 3.05) is 26.2 Å². The van der Waals surface area contributed by atoms with E-state index in [2.05, 4.69) is 15.9 Å². The van der Waals surface area contributed by atoms with Gasteiger partial charge in [-0.05, 0) is 61.3 Å². The summed E-state index contributed by atoms with van der Waals surface area (Å²) in [5, 5.41) is 10.1. The highest BCUT2D eigenvalue weighted by molar-refractivity contribution is 9.10. The molecule has 1 aromatic carbocycles. The van der Waals surface area contributed by atoms with Crippen LogP contribution in [0.25, 0.3) is 0 Å². The lowest BCUT2D eigenvalue weighted by Crippen LogP contribution is -2.51.